The summed E-state index contributed by atoms with van der Waals surface area (Å²) in [6.45, 7) is 2.34. The molecule has 214 valence electrons. The molecule has 0 N–H and O–H groups in total. The summed E-state index contributed by atoms with van der Waals surface area (Å²) in [4.78, 5) is 20.8. The topological polar surface area (TPSA) is 65.9 Å². The molecule has 3 aromatic rings. The molecule has 1 saturated heterocycles. The van der Waals surface area contributed by atoms with Crippen LogP contribution in [0.2, 0.25) is 0 Å². The van der Waals surface area contributed by atoms with Crippen molar-refractivity contribution in [3.05, 3.63) is 58.9 Å². The van der Waals surface area contributed by atoms with Crippen LogP contribution < -0.4 is 0 Å². The minimum Gasteiger partial charge on any atom is -0.334 e. The number of carbonyl (C=O) groups excluding carboxylic acids is 1. The Labute approximate surface area is 236 Å². The van der Waals surface area contributed by atoms with Gasteiger partial charge in [0.05, 0.1) is 20.6 Å². The van der Waals surface area contributed by atoms with Crippen molar-refractivity contribution in [1.82, 2.24) is 14.2 Å². The van der Waals surface area contributed by atoms with E-state index in [0.717, 1.165) is 15.8 Å². The van der Waals surface area contributed by atoms with Crippen LogP contribution in [0.5, 0.6) is 0 Å². The highest BCUT2D eigenvalue weighted by Gasteiger charge is 2.70. The van der Waals surface area contributed by atoms with E-state index in [1.165, 1.54) is 13.1 Å². The fraction of sp³-hybridized carbons (Fsp3) is 0.517. The highest BCUT2D eigenvalue weighted by atomic mass is 32.2. The van der Waals surface area contributed by atoms with Crippen LogP contribution in [-0.4, -0.2) is 55.9 Å². The van der Waals surface area contributed by atoms with Crippen molar-refractivity contribution in [2.24, 2.45) is 9.78 Å². The van der Waals surface area contributed by atoms with Crippen molar-refractivity contribution in [2.45, 2.75) is 81.3 Å². The lowest BCUT2D eigenvalue weighted by Gasteiger charge is -2.40. The van der Waals surface area contributed by atoms with E-state index in [1.807, 2.05) is 23.1 Å². The summed E-state index contributed by atoms with van der Waals surface area (Å²) in [6.07, 6.45) is 2.86. The van der Waals surface area contributed by atoms with Crippen molar-refractivity contribution >= 4 is 37.4 Å². The van der Waals surface area contributed by atoms with Gasteiger partial charge in [0.2, 0.25) is 5.91 Å². The van der Waals surface area contributed by atoms with Gasteiger partial charge >= 0.3 is 0 Å². The molecule has 3 aliphatic rings. The zero-order valence-corrected chi connectivity index (χ0v) is 24.2. The molecule has 2 aliphatic carbocycles. The van der Waals surface area contributed by atoms with Crippen molar-refractivity contribution in [1.29, 1.82) is 0 Å². The van der Waals surface area contributed by atoms with Gasteiger partial charge in [-0.25, -0.2) is 31.0 Å². The number of amides is 1. The normalized spacial score (nSPS) is 27.5. The van der Waals surface area contributed by atoms with Gasteiger partial charge in [-0.15, -0.1) is 11.3 Å². The molecular formula is C29H33F3N4O2S2. The van der Waals surface area contributed by atoms with Crippen LogP contribution in [0.1, 0.15) is 56.1 Å². The fourth-order valence-electron chi connectivity index (χ4n) is 6.53. The molecule has 40 heavy (non-hydrogen) atoms. The molecule has 1 amide bonds. The Hall–Kier alpha value is -2.50. The molecule has 1 aliphatic heterocycles. The van der Waals surface area contributed by atoms with Crippen LogP contribution in [0, 0.1) is 18.2 Å². The summed E-state index contributed by atoms with van der Waals surface area (Å²) in [5.74, 6) is -3.26. The molecule has 3 fully saturated rings. The maximum Gasteiger partial charge on any atom is 0.254 e. The van der Waals surface area contributed by atoms with Gasteiger partial charge in [0.15, 0.2) is 0 Å². The number of hydrogen-bond acceptors (Lipinski definition) is 5. The Balaban J connectivity index is 1.31. The van der Waals surface area contributed by atoms with E-state index >= 15 is 0 Å². The standard InChI is InChI=1S/C29H33F3N4O2S2/c1-19-5-7-22(15-23(19)30)40(38,33-2)36-13-3-4-25(36)27(37)35(16-20-6-8-26-24(14-20)34-18-39-26)21-9-11-28(12-10-21)17-29(28,31)32/h5-8,14-15,18,21,25H,3-4,9-13,16-17H2,1-2H3/t21?,25-,28?,40+/m0/s1. The first-order chi connectivity index (χ1) is 19.1. The van der Waals surface area contributed by atoms with Gasteiger partial charge in [-0.2, -0.15) is 0 Å². The van der Waals surface area contributed by atoms with Gasteiger partial charge in [0.1, 0.15) is 21.8 Å². The van der Waals surface area contributed by atoms with Crippen LogP contribution in [0.4, 0.5) is 13.2 Å². The molecule has 1 aromatic heterocycles. The van der Waals surface area contributed by atoms with Crippen molar-refractivity contribution < 1.29 is 22.2 Å². The van der Waals surface area contributed by atoms with Crippen LogP contribution in [0.25, 0.3) is 10.2 Å². The van der Waals surface area contributed by atoms with Gasteiger partial charge in [-0.1, -0.05) is 12.1 Å². The summed E-state index contributed by atoms with van der Waals surface area (Å²) in [7, 11) is -1.80. The molecule has 2 aromatic carbocycles. The van der Waals surface area contributed by atoms with E-state index < -0.39 is 33.1 Å². The molecule has 0 radical (unpaired) electrons. The summed E-state index contributed by atoms with van der Waals surface area (Å²) >= 11 is 1.54. The minimum atomic E-state index is -3.24. The lowest BCUT2D eigenvalue weighted by Crippen LogP contribution is -2.51. The second kappa shape index (κ2) is 10.1. The highest BCUT2D eigenvalue weighted by Crippen LogP contribution is 2.67. The van der Waals surface area contributed by atoms with Gasteiger partial charge in [-0.3, -0.25) is 4.79 Å². The number of alkyl halides is 2. The smallest absolute Gasteiger partial charge is 0.254 e. The maximum atomic E-state index is 14.5. The highest BCUT2D eigenvalue weighted by molar-refractivity contribution is 7.91. The first-order valence-electron chi connectivity index (χ1n) is 13.8. The predicted molar refractivity (Wildman–Crippen MR) is 150 cm³/mol. The van der Waals surface area contributed by atoms with Crippen molar-refractivity contribution in [2.75, 3.05) is 13.6 Å². The maximum absolute atomic E-state index is 14.5. The summed E-state index contributed by atoms with van der Waals surface area (Å²) in [5.41, 5.74) is 3.07. The third-order valence-corrected chi connectivity index (χ3v) is 12.3. The first-order valence-corrected chi connectivity index (χ1v) is 16.1. The van der Waals surface area contributed by atoms with Crippen molar-refractivity contribution in [3.8, 4) is 0 Å². The van der Waals surface area contributed by atoms with E-state index in [-0.39, 0.29) is 23.3 Å². The van der Waals surface area contributed by atoms with E-state index in [9.17, 15) is 22.2 Å². The first kappa shape index (κ1) is 27.7. The van der Waals surface area contributed by atoms with E-state index in [1.54, 1.807) is 40.2 Å². The number of aromatic nitrogens is 1. The molecular weight excluding hydrogens is 557 g/mol. The minimum absolute atomic E-state index is 0.0647. The van der Waals surface area contributed by atoms with Gasteiger partial charge in [0.25, 0.3) is 5.92 Å². The summed E-state index contributed by atoms with van der Waals surface area (Å²) in [5, 5.41) is 0. The average Bonchev–Trinajstić information content (AvgIpc) is 3.38. The third kappa shape index (κ3) is 4.63. The number of benzene rings is 2. The van der Waals surface area contributed by atoms with Gasteiger partial charge in [-0.05, 0) is 80.8 Å². The molecule has 6 nitrogen and oxygen atoms in total. The van der Waals surface area contributed by atoms with E-state index in [0.29, 0.717) is 57.2 Å². The summed E-state index contributed by atoms with van der Waals surface area (Å²) < 4.78 is 64.0. The number of fused-ring (bicyclic) bond motifs is 1. The average molecular weight is 591 g/mol. The Kier molecular flexibility index (Phi) is 6.98. The molecule has 11 heteroatoms. The van der Waals surface area contributed by atoms with Crippen LogP contribution in [-0.2, 0) is 21.3 Å². The molecule has 2 heterocycles. The SMILES string of the molecule is CN=[S@](=O)(c1ccc(C)c(F)c1)N1CCC[C@H]1C(=O)N(Cc1ccc2scnc2c1)C1CCC2(CC1)CC2(F)F. The predicted octanol–water partition coefficient (Wildman–Crippen LogP) is 6.58. The van der Waals surface area contributed by atoms with Crippen LogP contribution >= 0.6 is 11.3 Å². The van der Waals surface area contributed by atoms with Gasteiger partial charge in [0, 0.05) is 38.0 Å². The number of aryl methyl sites for hydroxylation is 1. The Bertz CT molecular complexity index is 1570. The zero-order valence-electron chi connectivity index (χ0n) is 22.6. The molecule has 1 spiro atoms. The number of carbonyl (C=O) groups is 1. The number of nitrogens with zero attached hydrogens (tertiary/aromatic N) is 4. The van der Waals surface area contributed by atoms with E-state index in [4.69, 9.17) is 0 Å². The fourth-order valence-corrected chi connectivity index (χ4v) is 9.30. The Morgan fingerprint density at radius 3 is 2.62 bits per heavy atom. The number of rotatable bonds is 6. The van der Waals surface area contributed by atoms with E-state index in [2.05, 4.69) is 9.35 Å². The number of halogens is 3. The lowest BCUT2D eigenvalue weighted by molar-refractivity contribution is -0.139. The number of hydrogen-bond donors (Lipinski definition) is 0. The van der Waals surface area contributed by atoms with Crippen LogP contribution in [0.15, 0.2) is 51.2 Å². The second-order valence-electron chi connectivity index (χ2n) is 11.4. The Morgan fingerprint density at radius 2 is 1.95 bits per heavy atom. The summed E-state index contributed by atoms with van der Waals surface area (Å²) in [6, 6.07) is 9.48. The van der Waals surface area contributed by atoms with Crippen molar-refractivity contribution in [3.63, 3.8) is 0 Å². The largest absolute Gasteiger partial charge is 0.334 e. The molecule has 2 saturated carbocycles. The lowest BCUT2D eigenvalue weighted by atomic mass is 9.82. The number of thiazole rings is 1. The quantitative estimate of drug-likeness (QED) is 0.326. The van der Waals surface area contributed by atoms with Gasteiger partial charge < -0.3 is 4.90 Å². The Morgan fingerprint density at radius 1 is 1.20 bits per heavy atom. The molecule has 0 bridgehead atoms. The molecule has 2 atom stereocenters. The zero-order chi connectivity index (χ0) is 28.3. The second-order valence-corrected chi connectivity index (χ2v) is 14.6. The molecule has 6 rings (SSSR count). The third-order valence-electron chi connectivity index (χ3n) is 9.10. The van der Waals surface area contributed by atoms with Crippen LogP contribution in [0.3, 0.4) is 0 Å². The monoisotopic (exact) mass is 590 g/mol. The molecule has 0 unspecified atom stereocenters.